The van der Waals surface area contributed by atoms with E-state index in [9.17, 15) is 8.42 Å². The van der Waals surface area contributed by atoms with Gasteiger partial charge in [-0.3, -0.25) is 0 Å². The highest BCUT2D eigenvalue weighted by atomic mass is 32.2. The van der Waals surface area contributed by atoms with Crippen LogP contribution in [0.15, 0.2) is 6.33 Å². The lowest BCUT2D eigenvalue weighted by Crippen LogP contribution is -2.40. The average Bonchev–Trinajstić information content (AvgIpc) is 2.98. The van der Waals surface area contributed by atoms with Gasteiger partial charge in [-0.05, 0) is 24.8 Å². The number of aromatic nitrogens is 2. The first-order valence-electron chi connectivity index (χ1n) is 6.85. The number of sulfone groups is 1. The van der Waals surface area contributed by atoms with E-state index >= 15 is 0 Å². The third-order valence-electron chi connectivity index (χ3n) is 4.13. The van der Waals surface area contributed by atoms with Crippen LogP contribution in [0.25, 0.3) is 10.2 Å². The number of thiophene rings is 1. The molecule has 0 N–H and O–H groups in total. The molecule has 3 heterocycles. The topological polar surface area (TPSA) is 63.2 Å². The Balaban J connectivity index is 1.80. The van der Waals surface area contributed by atoms with E-state index in [1.54, 1.807) is 17.7 Å². The monoisotopic (exact) mass is 309 g/mol. The van der Waals surface area contributed by atoms with Crippen LogP contribution >= 0.6 is 11.3 Å². The van der Waals surface area contributed by atoms with Gasteiger partial charge in [-0.2, -0.15) is 0 Å². The molecular weight excluding hydrogens is 294 g/mol. The highest BCUT2D eigenvalue weighted by molar-refractivity contribution is 7.91. The van der Waals surface area contributed by atoms with Gasteiger partial charge in [0.1, 0.15) is 17.0 Å². The highest BCUT2D eigenvalue weighted by Gasteiger charge is 2.27. The molecule has 5 nitrogen and oxygen atoms in total. The second kappa shape index (κ2) is 4.39. The largest absolute Gasteiger partial charge is 0.354 e. The van der Waals surface area contributed by atoms with Crippen molar-refractivity contribution in [2.75, 3.05) is 29.5 Å². The van der Waals surface area contributed by atoms with E-state index in [0.29, 0.717) is 13.1 Å². The molecule has 106 valence electrons. The molecule has 1 aliphatic heterocycles. The minimum Gasteiger partial charge on any atom is -0.354 e. The second-order valence-corrected chi connectivity index (χ2v) is 8.76. The summed E-state index contributed by atoms with van der Waals surface area (Å²) in [6.07, 6.45) is 5.05. The van der Waals surface area contributed by atoms with Crippen molar-refractivity contribution in [2.45, 2.75) is 19.3 Å². The van der Waals surface area contributed by atoms with Gasteiger partial charge >= 0.3 is 0 Å². The molecule has 0 radical (unpaired) electrons. The molecule has 0 bridgehead atoms. The van der Waals surface area contributed by atoms with Gasteiger partial charge in [0.25, 0.3) is 0 Å². The zero-order valence-corrected chi connectivity index (χ0v) is 12.6. The quantitative estimate of drug-likeness (QED) is 0.797. The Bertz CT molecular complexity index is 768. The minimum absolute atomic E-state index is 0.227. The van der Waals surface area contributed by atoms with Crippen LogP contribution in [-0.2, 0) is 22.7 Å². The minimum atomic E-state index is -2.86. The van der Waals surface area contributed by atoms with Crippen LogP contribution in [-0.4, -0.2) is 43.0 Å². The number of nitrogens with zero attached hydrogens (tertiary/aromatic N) is 3. The molecule has 1 fully saturated rings. The summed E-state index contributed by atoms with van der Waals surface area (Å²) in [6.45, 7) is 1.08. The lowest BCUT2D eigenvalue weighted by molar-refractivity contribution is 0.586. The molecule has 20 heavy (non-hydrogen) atoms. The van der Waals surface area contributed by atoms with Crippen molar-refractivity contribution in [2.24, 2.45) is 0 Å². The normalized spacial score (nSPS) is 21.3. The number of hydrogen-bond acceptors (Lipinski definition) is 6. The summed E-state index contributed by atoms with van der Waals surface area (Å²) in [5.74, 6) is 1.39. The number of aryl methyl sites for hydroxylation is 2. The smallest absolute Gasteiger partial charge is 0.153 e. The maximum Gasteiger partial charge on any atom is 0.153 e. The first-order chi connectivity index (χ1) is 9.64. The lowest BCUT2D eigenvalue weighted by Gasteiger charge is -2.28. The van der Waals surface area contributed by atoms with Gasteiger partial charge in [0.2, 0.25) is 0 Å². The van der Waals surface area contributed by atoms with Crippen LogP contribution in [0.1, 0.15) is 16.9 Å². The molecule has 7 heteroatoms. The first-order valence-corrected chi connectivity index (χ1v) is 9.48. The van der Waals surface area contributed by atoms with Crippen LogP contribution in [0.4, 0.5) is 5.82 Å². The van der Waals surface area contributed by atoms with E-state index in [4.69, 9.17) is 0 Å². The van der Waals surface area contributed by atoms with Gasteiger partial charge in [0.05, 0.1) is 16.9 Å². The predicted octanol–water partition coefficient (Wildman–Crippen LogP) is 1.41. The van der Waals surface area contributed by atoms with Crippen molar-refractivity contribution < 1.29 is 8.42 Å². The van der Waals surface area contributed by atoms with Gasteiger partial charge < -0.3 is 4.90 Å². The predicted molar refractivity (Wildman–Crippen MR) is 80.3 cm³/mol. The third-order valence-corrected chi connectivity index (χ3v) is 6.93. The van der Waals surface area contributed by atoms with Gasteiger partial charge in [0.15, 0.2) is 9.84 Å². The van der Waals surface area contributed by atoms with Gasteiger partial charge in [-0.1, -0.05) is 0 Å². The van der Waals surface area contributed by atoms with Crippen LogP contribution in [0.3, 0.4) is 0 Å². The second-order valence-electron chi connectivity index (χ2n) is 5.37. The molecule has 1 aliphatic carbocycles. The van der Waals surface area contributed by atoms with E-state index in [1.807, 2.05) is 0 Å². The molecule has 4 rings (SSSR count). The fourth-order valence-electron chi connectivity index (χ4n) is 3.08. The first kappa shape index (κ1) is 12.5. The fourth-order valence-corrected chi connectivity index (χ4v) is 5.50. The van der Waals surface area contributed by atoms with E-state index in [1.165, 1.54) is 22.2 Å². The summed E-state index contributed by atoms with van der Waals surface area (Å²) in [4.78, 5) is 13.4. The summed E-state index contributed by atoms with van der Waals surface area (Å²) < 4.78 is 23.1. The van der Waals surface area contributed by atoms with Crippen molar-refractivity contribution in [1.29, 1.82) is 0 Å². The molecule has 1 saturated heterocycles. The Labute approximate surface area is 121 Å². The van der Waals surface area contributed by atoms with Gasteiger partial charge in [-0.25, -0.2) is 18.4 Å². The van der Waals surface area contributed by atoms with Gasteiger partial charge in [-0.15, -0.1) is 11.3 Å². The summed E-state index contributed by atoms with van der Waals surface area (Å²) >= 11 is 1.77. The average molecular weight is 309 g/mol. The molecule has 0 atom stereocenters. The van der Waals surface area contributed by atoms with E-state index in [-0.39, 0.29) is 11.5 Å². The Morgan fingerprint density at radius 2 is 1.95 bits per heavy atom. The van der Waals surface area contributed by atoms with Crippen LogP contribution in [0.2, 0.25) is 0 Å². The van der Waals surface area contributed by atoms with Crippen molar-refractivity contribution in [3.05, 3.63) is 16.8 Å². The number of rotatable bonds is 1. The molecular formula is C13H15N3O2S2. The molecule has 0 aromatic carbocycles. The van der Waals surface area contributed by atoms with Crippen molar-refractivity contribution in [3.63, 3.8) is 0 Å². The molecule has 0 unspecified atom stereocenters. The Hall–Kier alpha value is -1.21. The number of hydrogen-bond donors (Lipinski definition) is 0. The van der Waals surface area contributed by atoms with Crippen LogP contribution in [0, 0.1) is 0 Å². The Morgan fingerprint density at radius 1 is 1.15 bits per heavy atom. The Morgan fingerprint density at radius 3 is 2.75 bits per heavy atom. The Kier molecular flexibility index (Phi) is 2.75. The maximum absolute atomic E-state index is 11.6. The third kappa shape index (κ3) is 1.91. The van der Waals surface area contributed by atoms with Gasteiger partial charge in [0, 0.05) is 18.0 Å². The number of fused-ring (bicyclic) bond motifs is 3. The van der Waals surface area contributed by atoms with E-state index < -0.39 is 9.84 Å². The van der Waals surface area contributed by atoms with Crippen molar-refractivity contribution in [1.82, 2.24) is 9.97 Å². The molecule has 2 aromatic rings. The SMILES string of the molecule is O=S1(=O)CCN(c2ncnc3sc4c(c23)CCC4)CC1. The van der Waals surface area contributed by atoms with Crippen molar-refractivity contribution in [3.8, 4) is 0 Å². The number of anilines is 1. The van der Waals surface area contributed by atoms with Crippen molar-refractivity contribution >= 4 is 37.2 Å². The summed E-state index contributed by atoms with van der Waals surface area (Å²) in [7, 11) is -2.86. The van der Waals surface area contributed by atoms with Crippen LogP contribution < -0.4 is 4.90 Å². The van der Waals surface area contributed by atoms with Crippen LogP contribution in [0.5, 0.6) is 0 Å². The lowest BCUT2D eigenvalue weighted by atomic mass is 10.2. The zero-order valence-electron chi connectivity index (χ0n) is 11.0. The fraction of sp³-hybridized carbons (Fsp3) is 0.538. The molecule has 0 amide bonds. The molecule has 0 saturated carbocycles. The molecule has 2 aliphatic rings. The van der Waals surface area contributed by atoms with E-state index in [0.717, 1.165) is 23.5 Å². The standard InChI is InChI=1S/C13H15N3O2S2/c17-20(18)6-4-16(5-7-20)12-11-9-2-1-3-10(9)19-13(11)15-8-14-12/h8H,1-7H2. The zero-order chi connectivity index (χ0) is 13.7. The summed E-state index contributed by atoms with van der Waals surface area (Å²) in [6, 6.07) is 0. The summed E-state index contributed by atoms with van der Waals surface area (Å²) in [5, 5.41) is 1.17. The van der Waals surface area contributed by atoms with E-state index in [2.05, 4.69) is 14.9 Å². The molecule has 0 spiro atoms. The highest BCUT2D eigenvalue weighted by Crippen LogP contribution is 2.40. The molecule has 2 aromatic heterocycles. The maximum atomic E-state index is 11.6. The summed E-state index contributed by atoms with van der Waals surface area (Å²) in [5.41, 5.74) is 1.40.